The molecule has 13 heavy (non-hydrogen) atoms. The summed E-state index contributed by atoms with van der Waals surface area (Å²) in [6, 6.07) is 5.45. The molecule has 2 unspecified atom stereocenters. The highest BCUT2D eigenvalue weighted by Crippen LogP contribution is 2.38. The van der Waals surface area contributed by atoms with Crippen LogP contribution in [-0.2, 0) is 6.42 Å². The Balaban J connectivity index is 2.51. The first-order chi connectivity index (χ1) is 6.20. The second-order valence-corrected chi connectivity index (χ2v) is 3.81. The average Bonchev–Trinajstić information content (AvgIpc) is 2.12. The van der Waals surface area contributed by atoms with Gasteiger partial charge in [-0.05, 0) is 30.4 Å². The van der Waals surface area contributed by atoms with E-state index in [1.54, 1.807) is 6.07 Å². The smallest absolute Gasteiger partial charge is 0.121 e. The van der Waals surface area contributed by atoms with Gasteiger partial charge >= 0.3 is 0 Å². The van der Waals surface area contributed by atoms with E-state index in [9.17, 15) is 10.2 Å². The minimum atomic E-state index is -0.495. The van der Waals surface area contributed by atoms with Crippen LogP contribution in [0.25, 0.3) is 0 Å². The molecule has 0 saturated carbocycles. The van der Waals surface area contributed by atoms with Crippen molar-refractivity contribution < 1.29 is 10.2 Å². The van der Waals surface area contributed by atoms with Crippen molar-refractivity contribution in [3.63, 3.8) is 0 Å². The van der Waals surface area contributed by atoms with Gasteiger partial charge in [-0.15, -0.1) is 0 Å². The minimum Gasteiger partial charge on any atom is -0.508 e. The summed E-state index contributed by atoms with van der Waals surface area (Å²) in [6.07, 6.45) is 1.46. The van der Waals surface area contributed by atoms with E-state index in [4.69, 9.17) is 0 Å². The fourth-order valence-corrected chi connectivity index (χ4v) is 1.98. The average molecular weight is 178 g/mol. The summed E-state index contributed by atoms with van der Waals surface area (Å²) >= 11 is 0. The van der Waals surface area contributed by atoms with Gasteiger partial charge in [-0.25, -0.2) is 0 Å². The lowest BCUT2D eigenvalue weighted by Crippen LogP contribution is -2.17. The molecule has 0 fully saturated rings. The van der Waals surface area contributed by atoms with Crippen LogP contribution >= 0.6 is 0 Å². The zero-order chi connectivity index (χ0) is 9.42. The monoisotopic (exact) mass is 178 g/mol. The number of phenolic OH excluding ortho intramolecular Hbond substituents is 1. The standard InChI is InChI=1S/C11H14O2/c1-7-5-6-8-3-2-4-9(12)10(8)11(7)13/h2-4,7,11-13H,5-6H2,1H3. The number of aliphatic hydroxyl groups is 1. The van der Waals surface area contributed by atoms with Crippen molar-refractivity contribution in [3.05, 3.63) is 29.3 Å². The fraction of sp³-hybridized carbons (Fsp3) is 0.455. The van der Waals surface area contributed by atoms with Crippen LogP contribution in [0.1, 0.15) is 30.6 Å². The lowest BCUT2D eigenvalue weighted by atomic mass is 9.82. The van der Waals surface area contributed by atoms with Crippen LogP contribution in [0.3, 0.4) is 0 Å². The SMILES string of the molecule is CC1CCc2cccc(O)c2C1O. The van der Waals surface area contributed by atoms with Gasteiger partial charge in [0.15, 0.2) is 0 Å². The predicted octanol–water partition coefficient (Wildman–Crippen LogP) is 2.01. The van der Waals surface area contributed by atoms with Crippen molar-refractivity contribution in [1.82, 2.24) is 0 Å². The summed E-state index contributed by atoms with van der Waals surface area (Å²) in [5.74, 6) is 0.484. The van der Waals surface area contributed by atoms with Crippen molar-refractivity contribution in [2.24, 2.45) is 5.92 Å². The van der Waals surface area contributed by atoms with E-state index >= 15 is 0 Å². The van der Waals surface area contributed by atoms with Gasteiger partial charge in [0, 0.05) is 5.56 Å². The molecule has 0 aromatic heterocycles. The lowest BCUT2D eigenvalue weighted by Gasteiger charge is -2.27. The number of benzene rings is 1. The Kier molecular flexibility index (Phi) is 2.00. The Morgan fingerprint density at radius 1 is 1.38 bits per heavy atom. The summed E-state index contributed by atoms with van der Waals surface area (Å²) in [6.45, 7) is 2.01. The number of hydrogen-bond acceptors (Lipinski definition) is 2. The van der Waals surface area contributed by atoms with E-state index in [1.807, 2.05) is 19.1 Å². The summed E-state index contributed by atoms with van der Waals surface area (Å²) in [4.78, 5) is 0. The molecular formula is C11H14O2. The summed E-state index contributed by atoms with van der Waals surface area (Å²) in [7, 11) is 0. The van der Waals surface area contributed by atoms with Gasteiger partial charge in [0.1, 0.15) is 5.75 Å². The van der Waals surface area contributed by atoms with Crippen LogP contribution in [0.4, 0.5) is 0 Å². The van der Waals surface area contributed by atoms with Gasteiger partial charge in [0.2, 0.25) is 0 Å². The highest BCUT2D eigenvalue weighted by molar-refractivity contribution is 5.42. The molecule has 2 atom stereocenters. The van der Waals surface area contributed by atoms with Crippen LogP contribution < -0.4 is 0 Å². The van der Waals surface area contributed by atoms with Crippen molar-refractivity contribution in [2.75, 3.05) is 0 Å². The van der Waals surface area contributed by atoms with Crippen molar-refractivity contribution >= 4 is 0 Å². The number of aromatic hydroxyl groups is 1. The van der Waals surface area contributed by atoms with Crippen molar-refractivity contribution in [1.29, 1.82) is 0 Å². The van der Waals surface area contributed by atoms with Gasteiger partial charge in [-0.2, -0.15) is 0 Å². The molecule has 70 valence electrons. The number of rotatable bonds is 0. The van der Waals surface area contributed by atoms with E-state index < -0.39 is 6.10 Å². The van der Waals surface area contributed by atoms with Gasteiger partial charge in [0.25, 0.3) is 0 Å². The third kappa shape index (κ3) is 1.31. The molecule has 2 N–H and O–H groups in total. The van der Waals surface area contributed by atoms with Crippen molar-refractivity contribution in [2.45, 2.75) is 25.9 Å². The van der Waals surface area contributed by atoms with Crippen LogP contribution in [-0.4, -0.2) is 10.2 Å². The fourth-order valence-electron chi connectivity index (χ4n) is 1.98. The zero-order valence-corrected chi connectivity index (χ0v) is 7.70. The molecule has 0 spiro atoms. The molecule has 1 aliphatic carbocycles. The van der Waals surface area contributed by atoms with Crippen molar-refractivity contribution in [3.8, 4) is 5.75 Å². The molecule has 1 aromatic carbocycles. The predicted molar refractivity (Wildman–Crippen MR) is 50.6 cm³/mol. The molecular weight excluding hydrogens is 164 g/mol. The summed E-state index contributed by atoms with van der Waals surface area (Å²) < 4.78 is 0. The van der Waals surface area contributed by atoms with E-state index in [1.165, 1.54) is 0 Å². The van der Waals surface area contributed by atoms with Gasteiger partial charge < -0.3 is 10.2 Å². The Hall–Kier alpha value is -1.02. The molecule has 1 aromatic rings. The van der Waals surface area contributed by atoms with E-state index in [0.717, 1.165) is 24.0 Å². The largest absolute Gasteiger partial charge is 0.508 e. The number of aryl methyl sites for hydroxylation is 1. The lowest BCUT2D eigenvalue weighted by molar-refractivity contribution is 0.101. The normalized spacial score (nSPS) is 26.9. The Morgan fingerprint density at radius 3 is 2.92 bits per heavy atom. The molecule has 2 nitrogen and oxygen atoms in total. The molecule has 2 rings (SSSR count). The third-order valence-electron chi connectivity index (χ3n) is 2.88. The first-order valence-corrected chi connectivity index (χ1v) is 4.69. The van der Waals surface area contributed by atoms with Crippen LogP contribution in [0.5, 0.6) is 5.75 Å². The van der Waals surface area contributed by atoms with E-state index in [0.29, 0.717) is 0 Å². The summed E-state index contributed by atoms with van der Waals surface area (Å²) in [5, 5.41) is 19.4. The quantitative estimate of drug-likeness (QED) is 0.638. The molecule has 0 radical (unpaired) electrons. The Bertz CT molecular complexity index is 320. The summed E-state index contributed by atoms with van der Waals surface area (Å²) in [5.41, 5.74) is 1.83. The van der Waals surface area contributed by atoms with Gasteiger partial charge in [-0.3, -0.25) is 0 Å². The second-order valence-electron chi connectivity index (χ2n) is 3.81. The van der Waals surface area contributed by atoms with E-state index in [-0.39, 0.29) is 11.7 Å². The molecule has 0 heterocycles. The molecule has 2 heteroatoms. The maximum absolute atomic E-state index is 9.85. The molecule has 1 aliphatic rings. The maximum atomic E-state index is 9.85. The molecule has 0 bridgehead atoms. The topological polar surface area (TPSA) is 40.5 Å². The van der Waals surface area contributed by atoms with Gasteiger partial charge in [-0.1, -0.05) is 19.1 Å². The van der Waals surface area contributed by atoms with Gasteiger partial charge in [0.05, 0.1) is 6.10 Å². The van der Waals surface area contributed by atoms with Crippen LogP contribution in [0.15, 0.2) is 18.2 Å². The first kappa shape index (κ1) is 8.57. The number of fused-ring (bicyclic) bond motifs is 1. The molecule has 0 saturated heterocycles. The van der Waals surface area contributed by atoms with E-state index in [2.05, 4.69) is 0 Å². The number of aliphatic hydroxyl groups excluding tert-OH is 1. The maximum Gasteiger partial charge on any atom is 0.121 e. The van der Waals surface area contributed by atoms with Crippen LogP contribution in [0.2, 0.25) is 0 Å². The number of hydrogen-bond donors (Lipinski definition) is 2. The number of phenols is 1. The second kappa shape index (κ2) is 3.04. The molecule has 0 aliphatic heterocycles. The van der Waals surface area contributed by atoms with Crippen LogP contribution in [0, 0.1) is 5.92 Å². The Morgan fingerprint density at radius 2 is 2.15 bits per heavy atom. The first-order valence-electron chi connectivity index (χ1n) is 4.69. The molecule has 0 amide bonds. The Labute approximate surface area is 77.8 Å². The third-order valence-corrected chi connectivity index (χ3v) is 2.88. The minimum absolute atomic E-state index is 0.233. The highest BCUT2D eigenvalue weighted by atomic mass is 16.3. The highest BCUT2D eigenvalue weighted by Gasteiger charge is 2.26. The zero-order valence-electron chi connectivity index (χ0n) is 7.70.